The highest BCUT2D eigenvalue weighted by Gasteiger charge is 2.20. The number of furan rings is 1. The van der Waals surface area contributed by atoms with Gasteiger partial charge in [0.1, 0.15) is 17.3 Å². The third-order valence-corrected chi connectivity index (χ3v) is 4.22. The van der Waals surface area contributed by atoms with Gasteiger partial charge in [-0.2, -0.15) is 0 Å². The first kappa shape index (κ1) is 19.2. The first-order chi connectivity index (χ1) is 13.0. The summed E-state index contributed by atoms with van der Waals surface area (Å²) in [6.45, 7) is 5.11. The van der Waals surface area contributed by atoms with Gasteiger partial charge in [-0.1, -0.05) is 19.9 Å². The van der Waals surface area contributed by atoms with E-state index in [4.69, 9.17) is 9.15 Å². The molecule has 1 aromatic carbocycles. The largest absolute Gasteiger partial charge is 0.493 e. The summed E-state index contributed by atoms with van der Waals surface area (Å²) in [7, 11) is 0. The van der Waals surface area contributed by atoms with Crippen LogP contribution in [-0.4, -0.2) is 17.5 Å². The molecule has 0 aliphatic heterocycles. The summed E-state index contributed by atoms with van der Waals surface area (Å²) in [5, 5.41) is 0. The van der Waals surface area contributed by atoms with Crippen LogP contribution in [0.1, 0.15) is 30.0 Å². The first-order valence-corrected chi connectivity index (χ1v) is 9.52. The minimum atomic E-state index is -0.156. The Hall–Kier alpha value is -2.60. The van der Waals surface area contributed by atoms with E-state index in [0.29, 0.717) is 34.3 Å². The molecule has 6 heteroatoms. The topological polar surface area (TPSA) is 55.6 Å². The highest BCUT2D eigenvalue weighted by atomic mass is 79.9. The lowest BCUT2D eigenvalue weighted by Crippen LogP contribution is -2.31. The molecule has 140 valence electrons. The number of pyridine rings is 1. The molecule has 0 N–H and O–H groups in total. The summed E-state index contributed by atoms with van der Waals surface area (Å²) in [6.07, 6.45) is 1.66. The molecule has 0 saturated heterocycles. The second kappa shape index (κ2) is 8.86. The SMILES string of the molecule is CC(C)COc1ccc(C(=O)N(Cc2ccc(Br)o2)c2ccccn2)cc1. The molecule has 0 bridgehead atoms. The van der Waals surface area contributed by atoms with Crippen molar-refractivity contribution in [3.05, 3.63) is 76.8 Å². The second-order valence-corrected chi connectivity index (χ2v) is 7.30. The summed E-state index contributed by atoms with van der Waals surface area (Å²) in [5.41, 5.74) is 0.558. The molecular formula is C21H21BrN2O3. The van der Waals surface area contributed by atoms with E-state index in [9.17, 15) is 4.79 Å². The van der Waals surface area contributed by atoms with Crippen molar-refractivity contribution in [1.82, 2.24) is 4.98 Å². The molecule has 0 saturated carbocycles. The maximum Gasteiger partial charge on any atom is 0.259 e. The molecule has 3 rings (SSSR count). The molecule has 2 heterocycles. The minimum absolute atomic E-state index is 0.156. The molecular weight excluding hydrogens is 408 g/mol. The predicted octanol–water partition coefficient (Wildman–Crippen LogP) is 5.32. The van der Waals surface area contributed by atoms with E-state index < -0.39 is 0 Å². The van der Waals surface area contributed by atoms with Gasteiger partial charge in [0.2, 0.25) is 0 Å². The quantitative estimate of drug-likeness (QED) is 0.510. The standard InChI is InChI=1S/C21H21BrN2O3/c1-15(2)14-26-17-8-6-16(7-9-17)21(25)24(20-5-3-4-12-23-20)13-18-10-11-19(22)27-18/h3-12,15H,13-14H2,1-2H3. The van der Waals surface area contributed by atoms with Gasteiger partial charge in [-0.25, -0.2) is 4.98 Å². The third kappa shape index (κ3) is 5.20. The van der Waals surface area contributed by atoms with E-state index in [1.807, 2.05) is 30.3 Å². The Balaban J connectivity index is 1.82. The number of anilines is 1. The van der Waals surface area contributed by atoms with Crippen LogP contribution in [-0.2, 0) is 6.54 Å². The number of amides is 1. The van der Waals surface area contributed by atoms with Gasteiger partial charge >= 0.3 is 0 Å². The average molecular weight is 429 g/mol. The van der Waals surface area contributed by atoms with Crippen LogP contribution in [0.3, 0.4) is 0 Å². The van der Waals surface area contributed by atoms with Crippen molar-refractivity contribution in [2.75, 3.05) is 11.5 Å². The number of halogens is 1. The summed E-state index contributed by atoms with van der Waals surface area (Å²) in [5.74, 6) is 2.27. The number of nitrogens with zero attached hydrogens (tertiary/aromatic N) is 2. The molecule has 0 atom stereocenters. The predicted molar refractivity (Wildman–Crippen MR) is 108 cm³/mol. The maximum absolute atomic E-state index is 13.1. The van der Waals surface area contributed by atoms with Gasteiger partial charge in [-0.3, -0.25) is 9.69 Å². The molecule has 3 aromatic rings. The number of benzene rings is 1. The van der Waals surface area contributed by atoms with Gasteiger partial charge in [-0.15, -0.1) is 0 Å². The van der Waals surface area contributed by atoms with Crippen molar-refractivity contribution in [1.29, 1.82) is 0 Å². The Labute approximate surface area is 167 Å². The van der Waals surface area contributed by atoms with Crippen LogP contribution in [0.2, 0.25) is 0 Å². The van der Waals surface area contributed by atoms with Gasteiger partial charge in [-0.05, 0) is 70.4 Å². The first-order valence-electron chi connectivity index (χ1n) is 8.73. The highest BCUT2D eigenvalue weighted by Crippen LogP contribution is 2.22. The lowest BCUT2D eigenvalue weighted by Gasteiger charge is -2.21. The molecule has 27 heavy (non-hydrogen) atoms. The Morgan fingerprint density at radius 2 is 1.93 bits per heavy atom. The molecule has 5 nitrogen and oxygen atoms in total. The maximum atomic E-state index is 13.1. The monoisotopic (exact) mass is 428 g/mol. The van der Waals surface area contributed by atoms with Gasteiger partial charge in [0.15, 0.2) is 4.67 Å². The van der Waals surface area contributed by atoms with Crippen molar-refractivity contribution >= 4 is 27.7 Å². The average Bonchev–Trinajstić information content (AvgIpc) is 3.10. The number of rotatable bonds is 7. The summed E-state index contributed by atoms with van der Waals surface area (Å²) in [6, 6.07) is 16.3. The zero-order valence-corrected chi connectivity index (χ0v) is 16.8. The van der Waals surface area contributed by atoms with E-state index in [1.54, 1.807) is 35.4 Å². The number of carbonyl (C=O) groups excluding carboxylic acids is 1. The van der Waals surface area contributed by atoms with Crippen LogP contribution < -0.4 is 9.64 Å². The zero-order valence-electron chi connectivity index (χ0n) is 15.3. The van der Waals surface area contributed by atoms with Gasteiger partial charge < -0.3 is 9.15 Å². The van der Waals surface area contributed by atoms with Crippen LogP contribution in [0.4, 0.5) is 5.82 Å². The van der Waals surface area contributed by atoms with Crippen molar-refractivity contribution in [2.24, 2.45) is 5.92 Å². The highest BCUT2D eigenvalue weighted by molar-refractivity contribution is 9.10. The van der Waals surface area contributed by atoms with E-state index in [0.717, 1.165) is 5.75 Å². The second-order valence-electron chi connectivity index (χ2n) is 6.51. The summed E-state index contributed by atoms with van der Waals surface area (Å²) >= 11 is 3.29. The van der Waals surface area contributed by atoms with Crippen LogP contribution in [0.25, 0.3) is 0 Å². The fraction of sp³-hybridized carbons (Fsp3) is 0.238. The molecule has 2 aromatic heterocycles. The smallest absolute Gasteiger partial charge is 0.259 e. The Bertz CT molecular complexity index is 876. The normalized spacial score (nSPS) is 10.8. The Morgan fingerprint density at radius 3 is 2.52 bits per heavy atom. The Kier molecular flexibility index (Phi) is 6.29. The van der Waals surface area contributed by atoms with E-state index in [2.05, 4.69) is 34.8 Å². The van der Waals surface area contributed by atoms with Crippen LogP contribution in [0.5, 0.6) is 5.75 Å². The van der Waals surface area contributed by atoms with E-state index >= 15 is 0 Å². The lowest BCUT2D eigenvalue weighted by atomic mass is 10.1. The molecule has 0 radical (unpaired) electrons. The van der Waals surface area contributed by atoms with Crippen molar-refractivity contribution in [2.45, 2.75) is 20.4 Å². The summed E-state index contributed by atoms with van der Waals surface area (Å²) < 4.78 is 11.9. The van der Waals surface area contributed by atoms with Crippen molar-refractivity contribution < 1.29 is 13.9 Å². The Morgan fingerprint density at radius 1 is 1.15 bits per heavy atom. The van der Waals surface area contributed by atoms with Crippen LogP contribution in [0.15, 0.2) is 69.9 Å². The number of aromatic nitrogens is 1. The molecule has 1 amide bonds. The van der Waals surface area contributed by atoms with E-state index in [1.165, 1.54) is 0 Å². The van der Waals surface area contributed by atoms with Crippen molar-refractivity contribution in [3.8, 4) is 5.75 Å². The fourth-order valence-electron chi connectivity index (χ4n) is 2.48. The fourth-order valence-corrected chi connectivity index (χ4v) is 2.82. The number of hydrogen-bond acceptors (Lipinski definition) is 4. The molecule has 0 aliphatic rings. The summed E-state index contributed by atoms with van der Waals surface area (Å²) in [4.78, 5) is 19.0. The lowest BCUT2D eigenvalue weighted by molar-refractivity contribution is 0.0982. The van der Waals surface area contributed by atoms with Crippen molar-refractivity contribution in [3.63, 3.8) is 0 Å². The number of ether oxygens (including phenoxy) is 1. The molecule has 0 unspecified atom stereocenters. The zero-order chi connectivity index (χ0) is 19.2. The van der Waals surface area contributed by atoms with Gasteiger partial charge in [0.05, 0.1) is 13.2 Å². The van der Waals surface area contributed by atoms with Gasteiger partial charge in [0, 0.05) is 11.8 Å². The minimum Gasteiger partial charge on any atom is -0.493 e. The van der Waals surface area contributed by atoms with Crippen LogP contribution in [0, 0.1) is 5.92 Å². The number of carbonyl (C=O) groups is 1. The number of hydrogen-bond donors (Lipinski definition) is 0. The molecule has 0 aliphatic carbocycles. The van der Waals surface area contributed by atoms with E-state index in [-0.39, 0.29) is 12.5 Å². The third-order valence-electron chi connectivity index (χ3n) is 3.80. The molecule has 0 spiro atoms. The van der Waals surface area contributed by atoms with Crippen LogP contribution >= 0.6 is 15.9 Å². The van der Waals surface area contributed by atoms with Gasteiger partial charge in [0.25, 0.3) is 5.91 Å². The molecule has 0 fully saturated rings.